The second-order valence-electron chi connectivity index (χ2n) is 2.22. The largest absolute Gasteiger partial charge is 0.478 e. The Morgan fingerprint density at radius 1 is 1.58 bits per heavy atom. The Labute approximate surface area is 68.5 Å². The SMILES string of the molecule is O=C(Cc1cnc[nH]1)[P+](O)(O)O. The summed E-state index contributed by atoms with van der Waals surface area (Å²) < 4.78 is 0. The molecule has 0 fully saturated rings. The maximum Gasteiger partial charge on any atom is 0.478 e. The molecule has 1 rings (SSSR count). The molecule has 0 aliphatic heterocycles. The van der Waals surface area contributed by atoms with E-state index in [0.717, 1.165) is 0 Å². The topological polar surface area (TPSA) is 106 Å². The fraction of sp³-hybridized carbons (Fsp3) is 0.200. The van der Waals surface area contributed by atoms with Gasteiger partial charge in [-0.05, 0) is 0 Å². The van der Waals surface area contributed by atoms with Gasteiger partial charge in [0.05, 0.1) is 12.7 Å². The molecule has 0 aliphatic carbocycles. The van der Waals surface area contributed by atoms with E-state index in [-0.39, 0.29) is 6.42 Å². The van der Waals surface area contributed by atoms with Crippen molar-refractivity contribution in [2.75, 3.05) is 0 Å². The first-order valence-corrected chi connectivity index (χ1v) is 4.73. The molecule has 7 heteroatoms. The minimum absolute atomic E-state index is 0.253. The van der Waals surface area contributed by atoms with Gasteiger partial charge in [0.25, 0.3) is 0 Å². The standard InChI is InChI=1S/C5H8N2O4P/c8-5(12(9,10)11)1-4-2-6-3-7-4/h2-3,9-11H,1H2,(H,6,7)/q+1. The van der Waals surface area contributed by atoms with Crippen molar-refractivity contribution < 1.29 is 19.5 Å². The maximum absolute atomic E-state index is 10.8. The van der Waals surface area contributed by atoms with Crippen molar-refractivity contribution in [1.29, 1.82) is 0 Å². The van der Waals surface area contributed by atoms with Gasteiger partial charge in [-0.3, -0.25) is 0 Å². The maximum atomic E-state index is 10.8. The monoisotopic (exact) mass is 191 g/mol. The summed E-state index contributed by atoms with van der Waals surface area (Å²) in [6.07, 6.45) is 2.47. The first-order valence-electron chi connectivity index (χ1n) is 3.08. The lowest BCUT2D eigenvalue weighted by atomic mass is 10.4. The van der Waals surface area contributed by atoms with E-state index in [9.17, 15) is 4.79 Å². The van der Waals surface area contributed by atoms with Crippen molar-refractivity contribution >= 4 is 13.5 Å². The molecule has 1 heterocycles. The number of aromatic amines is 1. The zero-order chi connectivity index (χ0) is 9.19. The van der Waals surface area contributed by atoms with Crippen LogP contribution in [0, 0.1) is 0 Å². The molecule has 0 radical (unpaired) electrons. The predicted molar refractivity (Wildman–Crippen MR) is 40.9 cm³/mol. The Balaban J connectivity index is 2.60. The van der Waals surface area contributed by atoms with E-state index in [1.165, 1.54) is 12.5 Å². The first kappa shape index (κ1) is 9.28. The van der Waals surface area contributed by atoms with Crippen molar-refractivity contribution in [1.82, 2.24) is 9.97 Å². The normalized spacial score (nSPS) is 11.6. The number of rotatable bonds is 3. The highest BCUT2D eigenvalue weighted by atomic mass is 31.2. The summed E-state index contributed by atoms with van der Waals surface area (Å²) in [4.78, 5) is 42.6. The van der Waals surface area contributed by atoms with Crippen molar-refractivity contribution in [3.63, 3.8) is 0 Å². The van der Waals surface area contributed by atoms with Gasteiger partial charge in [-0.1, -0.05) is 0 Å². The van der Waals surface area contributed by atoms with E-state index in [0.29, 0.717) is 5.69 Å². The number of nitrogens with one attached hydrogen (secondary N) is 1. The lowest BCUT2D eigenvalue weighted by molar-refractivity contribution is -0.113. The number of carbonyl (C=O) groups is 1. The van der Waals surface area contributed by atoms with Gasteiger partial charge < -0.3 is 4.98 Å². The molecule has 4 N–H and O–H groups in total. The Morgan fingerprint density at radius 2 is 2.25 bits per heavy atom. The zero-order valence-corrected chi connectivity index (χ0v) is 6.90. The Morgan fingerprint density at radius 3 is 2.67 bits per heavy atom. The summed E-state index contributed by atoms with van der Waals surface area (Å²) in [6, 6.07) is 0. The van der Waals surface area contributed by atoms with Crippen LogP contribution in [0.5, 0.6) is 0 Å². The van der Waals surface area contributed by atoms with Gasteiger partial charge >= 0.3 is 13.5 Å². The first-order chi connectivity index (χ1) is 5.50. The number of nitrogens with zero attached hydrogens (tertiary/aromatic N) is 1. The van der Waals surface area contributed by atoms with E-state index in [1.807, 2.05) is 0 Å². The summed E-state index contributed by atoms with van der Waals surface area (Å²) in [5.41, 5.74) is -0.562. The van der Waals surface area contributed by atoms with Crippen LogP contribution >= 0.6 is 7.94 Å². The Kier molecular flexibility index (Phi) is 2.54. The van der Waals surface area contributed by atoms with Crippen LogP contribution in [0.1, 0.15) is 5.69 Å². The van der Waals surface area contributed by atoms with E-state index < -0.39 is 13.5 Å². The third-order valence-corrected chi connectivity index (χ3v) is 2.06. The van der Waals surface area contributed by atoms with Crippen molar-refractivity contribution in [3.05, 3.63) is 18.2 Å². The van der Waals surface area contributed by atoms with Crippen LogP contribution in [0.25, 0.3) is 0 Å². The minimum Gasteiger partial charge on any atom is -0.348 e. The lowest BCUT2D eigenvalue weighted by Gasteiger charge is -1.99. The van der Waals surface area contributed by atoms with Crippen LogP contribution in [-0.2, 0) is 11.2 Å². The Hall–Kier alpha value is -0.810. The predicted octanol–water partition coefficient (Wildman–Crippen LogP) is -0.782. The van der Waals surface area contributed by atoms with Gasteiger partial charge in [0.15, 0.2) is 0 Å². The number of hydrogen-bond donors (Lipinski definition) is 4. The van der Waals surface area contributed by atoms with E-state index >= 15 is 0 Å². The zero-order valence-electron chi connectivity index (χ0n) is 6.01. The molecule has 66 valence electrons. The van der Waals surface area contributed by atoms with Crippen molar-refractivity contribution in [3.8, 4) is 0 Å². The number of imidazole rings is 1. The van der Waals surface area contributed by atoms with Crippen LogP contribution in [0.15, 0.2) is 12.5 Å². The van der Waals surface area contributed by atoms with Gasteiger partial charge in [0, 0.05) is 11.9 Å². The number of hydrogen-bond acceptors (Lipinski definition) is 5. The second-order valence-corrected chi connectivity index (χ2v) is 3.85. The molecular formula is C5H8N2O4P+. The Bertz CT molecular complexity index is 265. The molecule has 0 atom stereocenters. The molecule has 0 aromatic carbocycles. The van der Waals surface area contributed by atoms with Crippen LogP contribution in [0.3, 0.4) is 0 Å². The van der Waals surface area contributed by atoms with Crippen LogP contribution in [0.2, 0.25) is 0 Å². The fourth-order valence-corrected chi connectivity index (χ4v) is 1.03. The van der Waals surface area contributed by atoms with E-state index in [1.54, 1.807) is 0 Å². The molecule has 0 saturated carbocycles. The lowest BCUT2D eigenvalue weighted by Crippen LogP contribution is -2.08. The number of H-pyrrole nitrogens is 1. The molecule has 1 aromatic heterocycles. The van der Waals surface area contributed by atoms with Gasteiger partial charge in [0.1, 0.15) is 0 Å². The molecule has 12 heavy (non-hydrogen) atoms. The third kappa shape index (κ3) is 2.35. The summed E-state index contributed by atoms with van der Waals surface area (Å²) in [7, 11) is -4.33. The highest BCUT2D eigenvalue weighted by Gasteiger charge is 2.42. The quantitative estimate of drug-likeness (QED) is 0.469. The molecule has 6 nitrogen and oxygen atoms in total. The van der Waals surface area contributed by atoms with Gasteiger partial charge in [-0.2, -0.15) is 14.7 Å². The summed E-state index contributed by atoms with van der Waals surface area (Å²) in [6.45, 7) is 0. The molecule has 1 aromatic rings. The van der Waals surface area contributed by atoms with E-state index in [4.69, 9.17) is 14.7 Å². The van der Waals surface area contributed by atoms with Crippen LogP contribution < -0.4 is 0 Å². The van der Waals surface area contributed by atoms with E-state index in [2.05, 4.69) is 9.97 Å². The van der Waals surface area contributed by atoms with Crippen molar-refractivity contribution in [2.24, 2.45) is 0 Å². The molecule has 0 amide bonds. The van der Waals surface area contributed by atoms with Gasteiger partial charge in [0.2, 0.25) is 0 Å². The average Bonchev–Trinajstić information content (AvgIpc) is 2.37. The summed E-state index contributed by atoms with van der Waals surface area (Å²) >= 11 is 0. The number of carbonyl (C=O) groups excluding carboxylic acids is 1. The van der Waals surface area contributed by atoms with Gasteiger partial charge in [-0.25, -0.2) is 9.78 Å². The van der Waals surface area contributed by atoms with Crippen LogP contribution in [-0.4, -0.2) is 30.2 Å². The second kappa shape index (κ2) is 3.28. The highest BCUT2D eigenvalue weighted by Crippen LogP contribution is 2.46. The third-order valence-electron chi connectivity index (χ3n) is 1.23. The average molecular weight is 191 g/mol. The molecule has 0 bridgehead atoms. The summed E-state index contributed by atoms with van der Waals surface area (Å²) in [5.74, 6) is 0. The molecule has 0 unspecified atom stereocenters. The number of aromatic nitrogens is 2. The summed E-state index contributed by atoms with van der Waals surface area (Å²) in [5, 5.41) is 0. The minimum atomic E-state index is -4.33. The molecule has 0 spiro atoms. The molecule has 0 aliphatic rings. The van der Waals surface area contributed by atoms with Crippen LogP contribution in [0.4, 0.5) is 0 Å². The smallest absolute Gasteiger partial charge is 0.348 e. The van der Waals surface area contributed by atoms with Gasteiger partial charge in [-0.15, -0.1) is 0 Å². The molecule has 0 saturated heterocycles. The van der Waals surface area contributed by atoms with Crippen molar-refractivity contribution in [2.45, 2.75) is 6.42 Å². The fourth-order valence-electron chi connectivity index (χ4n) is 0.650. The molecular weight excluding hydrogens is 183 g/mol. The highest BCUT2D eigenvalue weighted by molar-refractivity contribution is 7.76.